The molecule has 1 amide bonds. The van der Waals surface area contributed by atoms with Crippen molar-refractivity contribution < 1.29 is 18.7 Å². The van der Waals surface area contributed by atoms with Gasteiger partial charge >= 0.3 is 5.97 Å². The predicted octanol–water partition coefficient (Wildman–Crippen LogP) is 1.48. The first-order valence-corrected chi connectivity index (χ1v) is 6.02. The number of anilines is 1. The number of esters is 1. The largest absolute Gasteiger partial charge is 0.466 e. The number of ether oxygens (including phenoxy) is 1. The summed E-state index contributed by atoms with van der Waals surface area (Å²) >= 11 is 0. The van der Waals surface area contributed by atoms with Crippen LogP contribution >= 0.6 is 0 Å². The molecule has 3 N–H and O–H groups in total. The van der Waals surface area contributed by atoms with E-state index in [2.05, 4.69) is 5.32 Å². The average Bonchev–Trinajstić information content (AvgIpc) is 2.33. The van der Waals surface area contributed by atoms with Crippen molar-refractivity contribution in [3.63, 3.8) is 0 Å². The van der Waals surface area contributed by atoms with E-state index in [1.54, 1.807) is 6.92 Å². The van der Waals surface area contributed by atoms with Crippen LogP contribution in [-0.4, -0.2) is 25.0 Å². The topological polar surface area (TPSA) is 81.4 Å². The van der Waals surface area contributed by atoms with Crippen molar-refractivity contribution in [3.05, 3.63) is 29.6 Å². The summed E-state index contributed by atoms with van der Waals surface area (Å²) in [5.74, 6) is -1.28. The van der Waals surface area contributed by atoms with Gasteiger partial charge in [0.15, 0.2) is 0 Å². The first kappa shape index (κ1) is 14.9. The number of carbonyl (C=O) groups excluding carboxylic acids is 2. The first-order valence-electron chi connectivity index (χ1n) is 6.02. The Morgan fingerprint density at radius 3 is 2.74 bits per heavy atom. The molecule has 0 aromatic heterocycles. The monoisotopic (exact) mass is 268 g/mol. The van der Waals surface area contributed by atoms with E-state index in [1.165, 1.54) is 6.07 Å². The smallest absolute Gasteiger partial charge is 0.305 e. The number of nitrogens with one attached hydrogen (secondary N) is 1. The van der Waals surface area contributed by atoms with Crippen molar-refractivity contribution in [2.75, 3.05) is 18.9 Å². The van der Waals surface area contributed by atoms with Crippen molar-refractivity contribution in [2.45, 2.75) is 19.8 Å². The van der Waals surface area contributed by atoms with Crippen LogP contribution in [0.5, 0.6) is 0 Å². The number of nitrogens with two attached hydrogens (primary N) is 1. The lowest BCUT2D eigenvalue weighted by molar-refractivity contribution is -0.143. The minimum Gasteiger partial charge on any atom is -0.466 e. The third kappa shape index (κ3) is 5.37. The molecule has 1 aromatic carbocycles. The molecule has 1 aromatic rings. The molecule has 0 bridgehead atoms. The minimum absolute atomic E-state index is 0.161. The number of rotatable bonds is 6. The molecule has 0 spiro atoms. The standard InChI is InChI=1S/C13H17FN2O3/c1-2-19-12(17)4-3-5-16-13(18)9-6-10(14)8-11(15)7-9/h6-8H,2-5,15H2,1H3,(H,16,18). The molecule has 0 unspecified atom stereocenters. The van der Waals surface area contributed by atoms with E-state index in [9.17, 15) is 14.0 Å². The number of hydrogen-bond acceptors (Lipinski definition) is 4. The summed E-state index contributed by atoms with van der Waals surface area (Å²) in [5.41, 5.74) is 5.80. The Hall–Kier alpha value is -2.11. The van der Waals surface area contributed by atoms with Crippen LogP contribution in [0.1, 0.15) is 30.1 Å². The van der Waals surface area contributed by atoms with Gasteiger partial charge in [0.1, 0.15) is 5.82 Å². The van der Waals surface area contributed by atoms with Crippen LogP contribution in [0, 0.1) is 5.82 Å². The van der Waals surface area contributed by atoms with Gasteiger partial charge in [0.2, 0.25) is 0 Å². The summed E-state index contributed by atoms with van der Waals surface area (Å²) < 4.78 is 17.8. The van der Waals surface area contributed by atoms with Gasteiger partial charge in [-0.05, 0) is 31.5 Å². The molecule has 0 radical (unpaired) electrons. The molecule has 0 aliphatic carbocycles. The van der Waals surface area contributed by atoms with E-state index < -0.39 is 11.7 Å². The van der Waals surface area contributed by atoms with E-state index >= 15 is 0 Å². The average molecular weight is 268 g/mol. The maximum atomic E-state index is 13.0. The molecule has 5 nitrogen and oxygen atoms in total. The van der Waals surface area contributed by atoms with Gasteiger partial charge in [-0.25, -0.2) is 4.39 Å². The zero-order valence-corrected chi connectivity index (χ0v) is 10.7. The lowest BCUT2D eigenvalue weighted by Crippen LogP contribution is -2.25. The highest BCUT2D eigenvalue weighted by Gasteiger charge is 2.08. The Balaban J connectivity index is 2.37. The zero-order chi connectivity index (χ0) is 14.3. The highest BCUT2D eigenvalue weighted by molar-refractivity contribution is 5.95. The van der Waals surface area contributed by atoms with Crippen LogP contribution in [0.4, 0.5) is 10.1 Å². The minimum atomic E-state index is -0.559. The second-order valence-corrected chi connectivity index (χ2v) is 3.94. The van der Waals surface area contributed by atoms with Gasteiger partial charge in [-0.1, -0.05) is 0 Å². The highest BCUT2D eigenvalue weighted by atomic mass is 19.1. The van der Waals surface area contributed by atoms with Crippen LogP contribution in [0.3, 0.4) is 0 Å². The molecule has 19 heavy (non-hydrogen) atoms. The number of nitrogen functional groups attached to an aromatic ring is 1. The van der Waals surface area contributed by atoms with Crippen molar-refractivity contribution in [2.24, 2.45) is 0 Å². The summed E-state index contributed by atoms with van der Waals surface area (Å²) in [5, 5.41) is 2.58. The van der Waals surface area contributed by atoms with Crippen LogP contribution in [-0.2, 0) is 9.53 Å². The number of hydrogen-bond donors (Lipinski definition) is 2. The molecular formula is C13H17FN2O3. The lowest BCUT2D eigenvalue weighted by atomic mass is 10.2. The quantitative estimate of drug-likeness (QED) is 0.465. The molecule has 1 rings (SSSR count). The zero-order valence-electron chi connectivity index (χ0n) is 10.7. The Labute approximate surface area is 110 Å². The second kappa shape index (κ2) is 7.35. The Morgan fingerprint density at radius 2 is 2.11 bits per heavy atom. The number of amides is 1. The summed E-state index contributed by atoms with van der Waals surface area (Å²) in [4.78, 5) is 22.7. The Morgan fingerprint density at radius 1 is 1.37 bits per heavy atom. The maximum absolute atomic E-state index is 13.0. The van der Waals surface area contributed by atoms with Crippen molar-refractivity contribution in [3.8, 4) is 0 Å². The van der Waals surface area contributed by atoms with Gasteiger partial charge in [0.05, 0.1) is 6.61 Å². The van der Waals surface area contributed by atoms with Crippen molar-refractivity contribution in [1.82, 2.24) is 5.32 Å². The second-order valence-electron chi connectivity index (χ2n) is 3.94. The van der Waals surface area contributed by atoms with Gasteiger partial charge in [0.25, 0.3) is 5.91 Å². The van der Waals surface area contributed by atoms with E-state index in [0.717, 1.165) is 12.1 Å². The van der Waals surface area contributed by atoms with Gasteiger partial charge in [-0.2, -0.15) is 0 Å². The van der Waals surface area contributed by atoms with Gasteiger partial charge in [-0.3, -0.25) is 9.59 Å². The number of carbonyl (C=O) groups is 2. The third-order valence-corrected chi connectivity index (χ3v) is 2.33. The Bertz CT molecular complexity index is 443. The molecule has 0 saturated carbocycles. The molecule has 0 heterocycles. The SMILES string of the molecule is CCOC(=O)CCCNC(=O)c1cc(N)cc(F)c1. The Kier molecular flexibility index (Phi) is 5.78. The highest BCUT2D eigenvalue weighted by Crippen LogP contribution is 2.10. The fraction of sp³-hybridized carbons (Fsp3) is 0.385. The third-order valence-electron chi connectivity index (χ3n) is 2.33. The molecule has 0 fully saturated rings. The van der Waals surface area contributed by atoms with E-state index in [1.807, 2.05) is 0 Å². The van der Waals surface area contributed by atoms with Gasteiger partial charge in [0, 0.05) is 24.2 Å². The molecule has 0 aliphatic rings. The first-order chi connectivity index (χ1) is 9.02. The van der Waals surface area contributed by atoms with E-state index in [-0.39, 0.29) is 23.6 Å². The molecule has 104 valence electrons. The molecular weight excluding hydrogens is 251 g/mol. The fourth-order valence-corrected chi connectivity index (χ4v) is 1.51. The van der Waals surface area contributed by atoms with Crippen molar-refractivity contribution >= 4 is 17.6 Å². The van der Waals surface area contributed by atoms with E-state index in [4.69, 9.17) is 10.5 Å². The lowest BCUT2D eigenvalue weighted by Gasteiger charge is -2.06. The number of halogens is 1. The number of benzene rings is 1. The predicted molar refractivity (Wildman–Crippen MR) is 69.0 cm³/mol. The summed E-state index contributed by atoms with van der Waals surface area (Å²) in [7, 11) is 0. The summed E-state index contributed by atoms with van der Waals surface area (Å²) in [6.45, 7) is 2.38. The van der Waals surface area contributed by atoms with Crippen LogP contribution in [0.15, 0.2) is 18.2 Å². The van der Waals surface area contributed by atoms with Crippen molar-refractivity contribution in [1.29, 1.82) is 0 Å². The summed E-state index contributed by atoms with van der Waals surface area (Å²) in [6, 6.07) is 3.64. The van der Waals surface area contributed by atoms with Gasteiger partial charge < -0.3 is 15.8 Å². The molecule has 0 aliphatic heterocycles. The summed E-state index contributed by atoms with van der Waals surface area (Å²) in [6.07, 6.45) is 0.703. The van der Waals surface area contributed by atoms with Crippen LogP contribution < -0.4 is 11.1 Å². The van der Waals surface area contributed by atoms with Crippen LogP contribution in [0.25, 0.3) is 0 Å². The molecule has 0 saturated heterocycles. The van der Waals surface area contributed by atoms with E-state index in [0.29, 0.717) is 19.6 Å². The van der Waals surface area contributed by atoms with Gasteiger partial charge in [-0.15, -0.1) is 0 Å². The van der Waals surface area contributed by atoms with Crippen LogP contribution in [0.2, 0.25) is 0 Å². The normalized spacial score (nSPS) is 10.0. The maximum Gasteiger partial charge on any atom is 0.305 e. The molecule has 0 atom stereocenters. The fourth-order valence-electron chi connectivity index (χ4n) is 1.51. The molecule has 6 heteroatoms.